The average molecular weight is 1240 g/mol. The molecule has 4 aliphatic carbocycles. The number of aliphatic hydroxyl groups excluding tert-OH is 14. The minimum Gasteiger partial charge on any atom is -0.461 e. The zero-order chi connectivity index (χ0) is 62.7. The highest BCUT2D eigenvalue weighted by Gasteiger charge is 2.79. The summed E-state index contributed by atoms with van der Waals surface area (Å²) >= 11 is 0. The molecule has 6 heterocycles. The van der Waals surface area contributed by atoms with Gasteiger partial charge in [0.1, 0.15) is 116 Å². The molecule has 6 saturated heterocycles. The Balaban J connectivity index is 0.869. The number of esters is 1. The van der Waals surface area contributed by atoms with Crippen molar-refractivity contribution >= 4 is 5.97 Å². The molecular weight excluding hydrogens is 1140 g/mol. The second kappa shape index (κ2) is 25.1. The van der Waals surface area contributed by atoms with E-state index in [4.69, 9.17) is 52.1 Å². The molecule has 86 heavy (non-hydrogen) atoms. The second-order valence-corrected chi connectivity index (χ2v) is 27.6. The van der Waals surface area contributed by atoms with Crippen molar-refractivity contribution in [1.29, 1.82) is 0 Å². The first-order valence-corrected chi connectivity index (χ1v) is 30.5. The molecule has 0 aromatic heterocycles. The summed E-state index contributed by atoms with van der Waals surface area (Å²) in [5.74, 6) is -0.498. The number of hydrogen-bond donors (Lipinski definition) is 15. The number of allylic oxidation sites excluding steroid dienone is 3. The van der Waals surface area contributed by atoms with Crippen LogP contribution < -0.4 is 0 Å². The largest absolute Gasteiger partial charge is 0.461 e. The Morgan fingerprint density at radius 2 is 1.20 bits per heavy atom. The number of ether oxygens (including phenoxy) is 11. The maximum atomic E-state index is 14.3. The first-order valence-electron chi connectivity index (χ1n) is 30.5. The summed E-state index contributed by atoms with van der Waals surface area (Å²) in [7, 11) is 0. The summed E-state index contributed by atoms with van der Waals surface area (Å²) in [6.07, 6.45) is -34.3. The monoisotopic (exact) mass is 1230 g/mol. The van der Waals surface area contributed by atoms with Gasteiger partial charge in [0, 0.05) is 11.3 Å². The van der Waals surface area contributed by atoms with Crippen molar-refractivity contribution in [3.63, 3.8) is 0 Å². The Kier molecular flexibility index (Phi) is 19.5. The van der Waals surface area contributed by atoms with Gasteiger partial charge in [-0.15, -0.1) is 6.58 Å². The van der Waals surface area contributed by atoms with Gasteiger partial charge in [-0.2, -0.15) is 0 Å². The average Bonchev–Trinajstić information content (AvgIpc) is 1.48. The third-order valence-corrected chi connectivity index (χ3v) is 21.9. The normalized spacial score (nSPS) is 52.5. The van der Waals surface area contributed by atoms with Gasteiger partial charge in [-0.05, 0) is 101 Å². The lowest BCUT2D eigenvalue weighted by Gasteiger charge is -2.64. The molecule has 27 heteroatoms. The Hall–Kier alpha value is -2.05. The van der Waals surface area contributed by atoms with Gasteiger partial charge in [-0.3, -0.25) is 4.79 Å². The summed E-state index contributed by atoms with van der Waals surface area (Å²) in [5, 5.41) is 164. The van der Waals surface area contributed by atoms with Crippen LogP contribution in [0.15, 0.2) is 23.8 Å². The van der Waals surface area contributed by atoms with Crippen LogP contribution in [0.1, 0.15) is 106 Å². The van der Waals surface area contributed by atoms with Gasteiger partial charge in [0.25, 0.3) is 0 Å². The lowest BCUT2D eigenvalue weighted by atomic mass is 9.40. The zero-order valence-corrected chi connectivity index (χ0v) is 49.8. The Bertz CT molecular complexity index is 2410. The van der Waals surface area contributed by atoms with Gasteiger partial charge >= 0.3 is 5.97 Å². The topological polar surface area (TPSA) is 422 Å². The van der Waals surface area contributed by atoms with Crippen LogP contribution >= 0.6 is 0 Å². The molecule has 10 aliphatic rings. The number of hydrogen-bond acceptors (Lipinski definition) is 27. The van der Waals surface area contributed by atoms with Crippen LogP contribution in [0.5, 0.6) is 0 Å². The maximum absolute atomic E-state index is 14.3. The molecule has 33 atom stereocenters. The second-order valence-electron chi connectivity index (χ2n) is 27.6. The summed E-state index contributed by atoms with van der Waals surface area (Å²) in [5.41, 5.74) is -1.19. The molecular formula is C59H94O27. The number of carbonyl (C=O) groups excluding carboxylic acids is 1. The first kappa shape index (κ1) is 66.9. The van der Waals surface area contributed by atoms with Crippen LogP contribution in [0.3, 0.4) is 0 Å². The van der Waals surface area contributed by atoms with Crippen LogP contribution in [-0.4, -0.2) is 274 Å². The molecule has 18 unspecified atom stereocenters. The molecule has 27 nitrogen and oxygen atoms in total. The molecule has 9 fully saturated rings. The highest BCUT2D eigenvalue weighted by atomic mass is 16.8. The van der Waals surface area contributed by atoms with Crippen LogP contribution in [0.25, 0.3) is 0 Å². The Morgan fingerprint density at radius 3 is 1.80 bits per heavy atom. The van der Waals surface area contributed by atoms with E-state index in [1.165, 1.54) is 12.5 Å². The summed E-state index contributed by atoms with van der Waals surface area (Å²) in [6, 6.07) is 0. The fourth-order valence-corrected chi connectivity index (χ4v) is 17.2. The molecule has 0 radical (unpaired) electrons. The van der Waals surface area contributed by atoms with E-state index in [9.17, 15) is 81.4 Å². The lowest BCUT2D eigenvalue weighted by Crippen LogP contribution is -2.67. The van der Waals surface area contributed by atoms with E-state index in [0.717, 1.165) is 18.4 Å². The number of aliphatic hydroxyl groups is 15. The van der Waals surface area contributed by atoms with Crippen molar-refractivity contribution in [3.8, 4) is 0 Å². The van der Waals surface area contributed by atoms with Crippen molar-refractivity contribution in [3.05, 3.63) is 23.8 Å². The standard InChI is InChI=1S/C59H94O27/c1-23(2)10-9-15-58(8,75)48-27-18-57(7)26-11-12-32-55(4,5)33(14-16-56(32,6)25(26)13-17-59(48,57)54(74)82-27)83-53-47(37(66)31(22-76-53)81-50-41(70)38(67)34(63)28(19-60)78-50)86-49-43(72)40(69)45(24(3)77-49)84-52-44(73)46(36(65)30(21-62)80-52)85-51-42(71)39(68)35(64)29(20-61)79-51/h11,24-25,27-53,60-73,75H,1,9-10,12-22H2,2-8H3/t24?,25?,27-,28?,29?,30?,31?,32?,33-,34?,35?,36?,37-,38-,39-,40+,41?,42?,43?,44?,45?,46-,47?,48-,49-,50-,51-,52-,53-,56+,57?,58-,59?/m0/s1. The van der Waals surface area contributed by atoms with Crippen molar-refractivity contribution in [2.24, 2.45) is 39.4 Å². The van der Waals surface area contributed by atoms with Crippen LogP contribution in [0.2, 0.25) is 0 Å². The maximum Gasteiger partial charge on any atom is 0.313 e. The molecule has 492 valence electrons. The highest BCUT2D eigenvalue weighted by molar-refractivity contribution is 5.84. The third-order valence-electron chi connectivity index (χ3n) is 21.9. The zero-order valence-electron chi connectivity index (χ0n) is 49.8. The van der Waals surface area contributed by atoms with Crippen LogP contribution in [-0.2, 0) is 56.9 Å². The van der Waals surface area contributed by atoms with Crippen LogP contribution in [0.4, 0.5) is 0 Å². The summed E-state index contributed by atoms with van der Waals surface area (Å²) in [6.45, 7) is 15.1. The van der Waals surface area contributed by atoms with Gasteiger partial charge in [-0.1, -0.05) is 44.9 Å². The van der Waals surface area contributed by atoms with E-state index in [1.807, 2.05) is 13.8 Å². The van der Waals surface area contributed by atoms with E-state index in [0.29, 0.717) is 44.9 Å². The minimum atomic E-state index is -2.02. The molecule has 10 rings (SSSR count). The molecule has 0 amide bonds. The smallest absolute Gasteiger partial charge is 0.313 e. The summed E-state index contributed by atoms with van der Waals surface area (Å²) in [4.78, 5) is 14.3. The van der Waals surface area contributed by atoms with Gasteiger partial charge in [0.15, 0.2) is 31.5 Å². The van der Waals surface area contributed by atoms with Crippen molar-refractivity contribution in [2.45, 2.75) is 271 Å². The fourth-order valence-electron chi connectivity index (χ4n) is 17.2. The number of rotatable bonds is 18. The predicted octanol–water partition coefficient (Wildman–Crippen LogP) is -3.25. The van der Waals surface area contributed by atoms with E-state index in [2.05, 4.69) is 40.3 Å². The molecule has 6 aliphatic heterocycles. The third kappa shape index (κ3) is 11.2. The van der Waals surface area contributed by atoms with E-state index in [1.54, 1.807) is 0 Å². The van der Waals surface area contributed by atoms with Gasteiger partial charge in [0.05, 0.1) is 49.7 Å². The fraction of sp³-hybridized carbons (Fsp3) is 0.915. The Morgan fingerprint density at radius 1 is 0.651 bits per heavy atom. The molecule has 15 N–H and O–H groups in total. The SMILES string of the molecule is C=C(C)CCC[C@](C)(O)[C@@H]1[C@@H]2CC3(C)C4=CCC5C(C)(C)[C@@H](O[C@@H]6OCC(O[C@@H]7OC(CO)C(O)[C@H](O)C7O)[C@H](O)C6O[C@@H]6OC(C)C(O[C@@H]7OC(CO)C(O)[C@H](O[C@@H]8OC(CO)C(O)[C@H](O)C8O)C7O)[C@H](O)C6O)CC[C@]5(C)C4CCC13C(=O)O2. The predicted molar refractivity (Wildman–Crippen MR) is 290 cm³/mol. The lowest BCUT2D eigenvalue weighted by molar-refractivity contribution is -0.394. The molecule has 0 aromatic rings. The van der Waals surface area contributed by atoms with Crippen LogP contribution in [0, 0.1) is 39.4 Å². The molecule has 3 saturated carbocycles. The van der Waals surface area contributed by atoms with E-state index >= 15 is 0 Å². The van der Waals surface area contributed by atoms with Crippen molar-refractivity contribution < 1.29 is 133 Å². The minimum absolute atomic E-state index is 0.00970. The van der Waals surface area contributed by atoms with E-state index in [-0.39, 0.29) is 29.1 Å². The first-order chi connectivity index (χ1) is 40.4. The summed E-state index contributed by atoms with van der Waals surface area (Å²) < 4.78 is 66.4. The van der Waals surface area contributed by atoms with Gasteiger partial charge in [0.2, 0.25) is 0 Å². The van der Waals surface area contributed by atoms with E-state index < -0.39 is 208 Å². The number of fused-ring (bicyclic) bond motifs is 5. The van der Waals surface area contributed by atoms with Gasteiger partial charge < -0.3 is 129 Å². The Labute approximate surface area is 499 Å². The van der Waals surface area contributed by atoms with Gasteiger partial charge in [-0.25, -0.2) is 0 Å². The quantitative estimate of drug-likeness (QED) is 0.0473. The number of carbonyl (C=O) groups is 1. The van der Waals surface area contributed by atoms with Crippen molar-refractivity contribution in [2.75, 3.05) is 26.4 Å². The molecule has 1 spiro atoms. The highest BCUT2D eigenvalue weighted by Crippen LogP contribution is 2.77. The molecule has 0 aromatic carbocycles. The molecule has 2 bridgehead atoms. The van der Waals surface area contributed by atoms with Crippen molar-refractivity contribution in [1.82, 2.24) is 0 Å².